The third-order valence-corrected chi connectivity index (χ3v) is 4.52. The molecule has 3 rings (SSSR count). The topological polar surface area (TPSA) is 87.9 Å². The molecule has 0 radical (unpaired) electrons. The molecule has 29 heavy (non-hydrogen) atoms. The number of rotatable bonds is 6. The van der Waals surface area contributed by atoms with Crippen LogP contribution in [0.25, 0.3) is 0 Å². The lowest BCUT2D eigenvalue weighted by Gasteiger charge is -2.34. The molecule has 0 unspecified atom stereocenters. The van der Waals surface area contributed by atoms with Crippen molar-refractivity contribution in [2.24, 2.45) is 0 Å². The molecule has 0 aliphatic carbocycles. The first-order chi connectivity index (χ1) is 13.1. The third kappa shape index (κ3) is 6.57. The average Bonchev–Trinajstić information content (AvgIpc) is 2.69. The molecule has 1 N–H and O–H groups in total. The minimum Gasteiger partial charge on any atom is -0.496 e. The van der Waals surface area contributed by atoms with Gasteiger partial charge in [0, 0.05) is 44.9 Å². The second-order valence-corrected chi connectivity index (χ2v) is 6.33. The van der Waals surface area contributed by atoms with Crippen molar-refractivity contribution >= 4 is 36.4 Å². The number of methoxy groups -OCH3 is 1. The Bertz CT molecular complexity index is 815. The van der Waals surface area contributed by atoms with Gasteiger partial charge >= 0.3 is 0 Å². The van der Waals surface area contributed by atoms with Gasteiger partial charge in [0.05, 0.1) is 17.6 Å². The summed E-state index contributed by atoms with van der Waals surface area (Å²) in [4.78, 5) is 25.3. The molecule has 0 bridgehead atoms. The van der Waals surface area contributed by atoms with Gasteiger partial charge < -0.3 is 4.74 Å². The van der Waals surface area contributed by atoms with E-state index in [1.807, 2.05) is 23.2 Å². The summed E-state index contributed by atoms with van der Waals surface area (Å²) in [6.45, 7) is 3.87. The monoisotopic (exact) mass is 442 g/mol. The Morgan fingerprint density at radius 1 is 1.10 bits per heavy atom. The lowest BCUT2D eigenvalue weighted by molar-refractivity contribution is -0.384. The van der Waals surface area contributed by atoms with Gasteiger partial charge in [0.15, 0.2) is 0 Å². The van der Waals surface area contributed by atoms with Crippen molar-refractivity contribution in [2.45, 2.75) is 6.54 Å². The Hall–Kier alpha value is -2.39. The zero-order chi connectivity index (χ0) is 19.2. The number of carbonyl (C=O) groups is 1. The van der Waals surface area contributed by atoms with Crippen LogP contribution in [0.2, 0.25) is 0 Å². The van der Waals surface area contributed by atoms with Gasteiger partial charge in [-0.25, -0.2) is 5.01 Å². The molecule has 1 aliphatic heterocycles. The maximum Gasteiger partial charge on any atom is 0.270 e. The van der Waals surface area contributed by atoms with E-state index in [9.17, 15) is 14.9 Å². The number of carbonyl (C=O) groups excluding carboxylic acids is 1. The van der Waals surface area contributed by atoms with E-state index in [2.05, 4.69) is 22.5 Å². The Kier molecular flexibility index (Phi) is 9.84. The minimum atomic E-state index is -0.529. The lowest BCUT2D eigenvalue weighted by atomic mass is 10.1. The number of non-ortho nitro benzene ring substituents is 1. The van der Waals surface area contributed by atoms with E-state index < -0.39 is 10.8 Å². The normalized spacial score (nSPS) is 14.2. The maximum absolute atomic E-state index is 12.6. The smallest absolute Gasteiger partial charge is 0.270 e. The van der Waals surface area contributed by atoms with Crippen molar-refractivity contribution in [3.05, 3.63) is 69.8 Å². The van der Waals surface area contributed by atoms with Gasteiger partial charge in [0.1, 0.15) is 5.75 Å². The Labute approximate surface area is 181 Å². The number of amides is 1. The van der Waals surface area contributed by atoms with Crippen LogP contribution >= 0.6 is 24.8 Å². The number of piperazine rings is 1. The molecule has 0 spiro atoms. The fourth-order valence-corrected chi connectivity index (χ4v) is 3.05. The summed E-state index contributed by atoms with van der Waals surface area (Å²) < 4.78 is 5.16. The first-order valence-corrected chi connectivity index (χ1v) is 8.71. The highest BCUT2D eigenvalue weighted by Gasteiger charge is 2.22. The number of ether oxygens (including phenoxy) is 1. The molecule has 0 saturated carbocycles. The van der Waals surface area contributed by atoms with Gasteiger partial charge in [-0.15, -0.1) is 24.8 Å². The van der Waals surface area contributed by atoms with Crippen molar-refractivity contribution < 1.29 is 14.5 Å². The molecule has 2 aromatic carbocycles. The van der Waals surface area contributed by atoms with E-state index in [4.69, 9.17) is 4.74 Å². The number of nitro groups is 1. The zero-order valence-corrected chi connectivity index (χ0v) is 17.6. The van der Waals surface area contributed by atoms with Crippen LogP contribution in [0.5, 0.6) is 5.75 Å². The Balaban J connectivity index is 0.00000210. The summed E-state index contributed by atoms with van der Waals surface area (Å²) in [5.41, 5.74) is 4.09. The number of halogens is 2. The summed E-state index contributed by atoms with van der Waals surface area (Å²) in [7, 11) is 1.43. The van der Waals surface area contributed by atoms with Crippen LogP contribution in [-0.4, -0.2) is 54.0 Å². The average molecular weight is 443 g/mol. The second kappa shape index (κ2) is 11.6. The molecule has 1 fully saturated rings. The molecule has 1 amide bonds. The molecule has 158 valence electrons. The molecule has 1 heterocycles. The summed E-state index contributed by atoms with van der Waals surface area (Å²) >= 11 is 0. The number of nitrogens with zero attached hydrogens (tertiary/aromatic N) is 3. The quantitative estimate of drug-likeness (QED) is 0.546. The largest absolute Gasteiger partial charge is 0.496 e. The van der Waals surface area contributed by atoms with E-state index in [-0.39, 0.29) is 36.1 Å². The Morgan fingerprint density at radius 3 is 2.34 bits per heavy atom. The highest BCUT2D eigenvalue weighted by molar-refractivity contribution is 5.97. The van der Waals surface area contributed by atoms with E-state index in [1.54, 1.807) is 0 Å². The van der Waals surface area contributed by atoms with Gasteiger partial charge in [0.2, 0.25) is 0 Å². The van der Waals surface area contributed by atoms with Crippen molar-refractivity contribution in [1.29, 1.82) is 0 Å². The first-order valence-electron chi connectivity index (χ1n) is 8.71. The van der Waals surface area contributed by atoms with Crippen LogP contribution in [0.3, 0.4) is 0 Å². The van der Waals surface area contributed by atoms with Gasteiger partial charge in [-0.2, -0.15) is 0 Å². The van der Waals surface area contributed by atoms with E-state index >= 15 is 0 Å². The standard InChI is InChI=1S/C19H22N4O4.2ClH/c1-27-18-8-7-16(23(25)26)13-17(18)19(24)20-22-11-9-21(10-12-22)14-15-5-3-2-4-6-15;;/h2-8,13H,9-12,14H2,1H3,(H,20,24);2*1H. The second-order valence-electron chi connectivity index (χ2n) is 6.33. The Morgan fingerprint density at radius 2 is 1.76 bits per heavy atom. The van der Waals surface area contributed by atoms with Gasteiger partial charge in [0.25, 0.3) is 11.6 Å². The minimum absolute atomic E-state index is 0. The molecule has 0 aromatic heterocycles. The number of hydrazine groups is 1. The van der Waals surface area contributed by atoms with E-state index in [0.717, 1.165) is 19.6 Å². The van der Waals surface area contributed by atoms with Gasteiger partial charge in [-0.1, -0.05) is 30.3 Å². The molecule has 0 atom stereocenters. The first kappa shape index (κ1) is 24.6. The summed E-state index contributed by atoms with van der Waals surface area (Å²) in [6, 6.07) is 14.2. The summed E-state index contributed by atoms with van der Waals surface area (Å²) in [5, 5.41) is 12.8. The highest BCUT2D eigenvalue weighted by atomic mass is 35.5. The van der Waals surface area contributed by atoms with Crippen molar-refractivity contribution in [1.82, 2.24) is 15.3 Å². The zero-order valence-electron chi connectivity index (χ0n) is 15.9. The van der Waals surface area contributed by atoms with Gasteiger partial charge in [-0.3, -0.25) is 25.2 Å². The highest BCUT2D eigenvalue weighted by Crippen LogP contribution is 2.24. The van der Waals surface area contributed by atoms with Crippen molar-refractivity contribution in [2.75, 3.05) is 33.3 Å². The van der Waals surface area contributed by atoms with Crippen LogP contribution in [0.1, 0.15) is 15.9 Å². The van der Waals surface area contributed by atoms with Crippen LogP contribution < -0.4 is 10.2 Å². The number of hydrogen-bond donors (Lipinski definition) is 1. The number of nitro benzene ring substituents is 1. The molecule has 1 aliphatic rings. The predicted molar refractivity (Wildman–Crippen MR) is 115 cm³/mol. The third-order valence-electron chi connectivity index (χ3n) is 4.52. The summed E-state index contributed by atoms with van der Waals surface area (Å²) in [6.07, 6.45) is 0. The molecular weight excluding hydrogens is 419 g/mol. The summed E-state index contributed by atoms with van der Waals surface area (Å²) in [5.74, 6) is -0.104. The van der Waals surface area contributed by atoms with Crippen LogP contribution in [-0.2, 0) is 6.54 Å². The van der Waals surface area contributed by atoms with E-state index in [1.165, 1.54) is 30.9 Å². The van der Waals surface area contributed by atoms with Crippen LogP contribution in [0, 0.1) is 10.1 Å². The predicted octanol–water partition coefficient (Wildman–Crippen LogP) is 2.91. The van der Waals surface area contributed by atoms with Crippen LogP contribution in [0.15, 0.2) is 48.5 Å². The number of hydrogen-bond acceptors (Lipinski definition) is 6. The number of benzene rings is 2. The van der Waals surface area contributed by atoms with Crippen LogP contribution in [0.4, 0.5) is 5.69 Å². The molecule has 8 nitrogen and oxygen atoms in total. The molecular formula is C19H24Cl2N4O4. The number of nitrogens with one attached hydrogen (secondary N) is 1. The fraction of sp³-hybridized carbons (Fsp3) is 0.316. The van der Waals surface area contributed by atoms with E-state index in [0.29, 0.717) is 18.8 Å². The fourth-order valence-electron chi connectivity index (χ4n) is 3.05. The SMILES string of the molecule is COc1ccc([N+](=O)[O-])cc1C(=O)NN1CCN(Cc2ccccc2)CC1.Cl.Cl. The maximum atomic E-state index is 12.6. The molecule has 2 aromatic rings. The van der Waals surface area contributed by atoms with Gasteiger partial charge in [-0.05, 0) is 11.6 Å². The lowest BCUT2D eigenvalue weighted by Crippen LogP contribution is -2.53. The van der Waals surface area contributed by atoms with Crippen molar-refractivity contribution in [3.8, 4) is 5.75 Å². The molecule has 10 heteroatoms. The van der Waals surface area contributed by atoms with Crippen molar-refractivity contribution in [3.63, 3.8) is 0 Å². The molecule has 1 saturated heterocycles.